The smallest absolute Gasteiger partial charge is 0.334 e. The minimum atomic E-state index is -0.456. The number of esters is 2. The van der Waals surface area contributed by atoms with Gasteiger partial charge in [-0.25, -0.2) is 4.79 Å². The third-order valence-electron chi connectivity index (χ3n) is 11.0. The van der Waals surface area contributed by atoms with Gasteiger partial charge in [-0.3, -0.25) is 4.79 Å². The Kier molecular flexibility index (Phi) is 4.79. The van der Waals surface area contributed by atoms with Crippen molar-refractivity contribution in [3.8, 4) is 0 Å². The Hall–Kier alpha value is -1.36. The first-order valence-electron chi connectivity index (χ1n) is 12.6. The van der Waals surface area contributed by atoms with Crippen molar-refractivity contribution in [2.24, 2.45) is 39.4 Å². The molecular weight excluding hydrogens is 404 g/mol. The third-order valence-corrected chi connectivity index (χ3v) is 11.0. The van der Waals surface area contributed by atoms with E-state index in [1.165, 1.54) is 12.5 Å². The molecule has 8 atom stereocenters. The molecule has 3 fully saturated rings. The molecule has 3 saturated carbocycles. The molecule has 0 amide bonds. The zero-order valence-corrected chi connectivity index (χ0v) is 20.6. The average molecular weight is 445 g/mol. The van der Waals surface area contributed by atoms with E-state index >= 15 is 0 Å². The fourth-order valence-corrected chi connectivity index (χ4v) is 9.45. The Labute approximate surface area is 192 Å². The van der Waals surface area contributed by atoms with Crippen molar-refractivity contribution >= 4 is 11.9 Å². The maximum absolute atomic E-state index is 12.4. The summed E-state index contributed by atoms with van der Waals surface area (Å²) in [5, 5.41) is 12.2. The van der Waals surface area contributed by atoms with Crippen molar-refractivity contribution in [3.05, 3.63) is 11.1 Å². The number of hydrogen-bond acceptors (Lipinski definition) is 5. The van der Waals surface area contributed by atoms with E-state index < -0.39 is 6.10 Å². The van der Waals surface area contributed by atoms with E-state index in [2.05, 4.69) is 34.6 Å². The summed E-state index contributed by atoms with van der Waals surface area (Å²) < 4.78 is 11.2. The molecule has 0 bridgehead atoms. The van der Waals surface area contributed by atoms with Crippen molar-refractivity contribution in [1.82, 2.24) is 0 Å². The largest absolute Gasteiger partial charge is 0.462 e. The second kappa shape index (κ2) is 6.84. The van der Waals surface area contributed by atoms with Gasteiger partial charge in [0.25, 0.3) is 0 Å². The molecule has 5 aliphatic rings. The summed E-state index contributed by atoms with van der Waals surface area (Å²) in [6.45, 7) is 13.5. The Morgan fingerprint density at radius 3 is 2.50 bits per heavy atom. The van der Waals surface area contributed by atoms with Gasteiger partial charge in [0, 0.05) is 23.3 Å². The zero-order chi connectivity index (χ0) is 23.3. The lowest BCUT2D eigenvalue weighted by Crippen LogP contribution is -2.67. The maximum Gasteiger partial charge on any atom is 0.334 e. The first-order chi connectivity index (χ1) is 14.8. The van der Waals surface area contributed by atoms with Gasteiger partial charge < -0.3 is 14.6 Å². The third kappa shape index (κ3) is 2.85. The molecule has 1 heterocycles. The highest BCUT2D eigenvalue weighted by molar-refractivity contribution is 5.92. The van der Waals surface area contributed by atoms with Crippen molar-refractivity contribution in [1.29, 1.82) is 0 Å². The lowest BCUT2D eigenvalue weighted by molar-refractivity contribution is -0.249. The second-order valence-electron chi connectivity index (χ2n) is 13.1. The van der Waals surface area contributed by atoms with E-state index in [-0.39, 0.29) is 45.6 Å². The van der Waals surface area contributed by atoms with Gasteiger partial charge >= 0.3 is 11.9 Å². The summed E-state index contributed by atoms with van der Waals surface area (Å²) in [5.74, 6) is 0.575. The average Bonchev–Trinajstić information content (AvgIpc) is 3.02. The highest BCUT2D eigenvalue weighted by Crippen LogP contribution is 2.72. The number of ether oxygens (including phenoxy) is 2. The van der Waals surface area contributed by atoms with Crippen molar-refractivity contribution in [2.45, 2.75) is 98.7 Å². The lowest BCUT2D eigenvalue weighted by Gasteiger charge is -2.69. The molecule has 1 aliphatic heterocycles. The predicted molar refractivity (Wildman–Crippen MR) is 120 cm³/mol. The lowest BCUT2D eigenvalue weighted by atomic mass is 9.36. The van der Waals surface area contributed by atoms with Gasteiger partial charge in [0.05, 0.1) is 6.10 Å². The molecule has 178 valence electrons. The van der Waals surface area contributed by atoms with Gasteiger partial charge in [-0.05, 0) is 79.1 Å². The van der Waals surface area contributed by atoms with E-state index in [1.807, 2.05) is 0 Å². The summed E-state index contributed by atoms with van der Waals surface area (Å²) in [6.07, 6.45) is 6.13. The van der Waals surface area contributed by atoms with Gasteiger partial charge in [-0.1, -0.05) is 34.6 Å². The van der Waals surface area contributed by atoms with Crippen LogP contribution in [0.3, 0.4) is 0 Å². The maximum atomic E-state index is 12.4. The van der Waals surface area contributed by atoms with Crippen LogP contribution in [-0.2, 0) is 19.1 Å². The summed E-state index contributed by atoms with van der Waals surface area (Å²) in [5.41, 5.74) is 1.65. The molecular formula is C27H40O5. The fraction of sp³-hybridized carbons (Fsp3) is 0.852. The van der Waals surface area contributed by atoms with Gasteiger partial charge in [-0.15, -0.1) is 0 Å². The molecule has 0 aromatic carbocycles. The molecule has 0 aromatic rings. The minimum absolute atomic E-state index is 0.0224. The van der Waals surface area contributed by atoms with Crippen LogP contribution in [0.5, 0.6) is 0 Å². The number of aliphatic hydroxyl groups excluding tert-OH is 1. The van der Waals surface area contributed by atoms with Gasteiger partial charge in [0.1, 0.15) is 12.7 Å². The van der Waals surface area contributed by atoms with Gasteiger partial charge in [-0.2, -0.15) is 0 Å². The molecule has 32 heavy (non-hydrogen) atoms. The van der Waals surface area contributed by atoms with Crippen LogP contribution in [0, 0.1) is 39.4 Å². The Bertz CT molecular complexity index is 888. The Morgan fingerprint density at radius 2 is 1.81 bits per heavy atom. The number of fused-ring (bicyclic) bond motifs is 4. The van der Waals surface area contributed by atoms with Crippen molar-refractivity contribution in [2.75, 3.05) is 6.61 Å². The van der Waals surface area contributed by atoms with E-state index in [1.54, 1.807) is 0 Å². The Morgan fingerprint density at radius 1 is 1.09 bits per heavy atom. The quantitative estimate of drug-likeness (QED) is 0.588. The SMILES string of the molecule is CC(=O)OC1CCC2(C)C3C(O)C4(C)CC5=C(COC5=O)CC4CC3(C)CCC2C1(C)C. The summed E-state index contributed by atoms with van der Waals surface area (Å²) in [6, 6.07) is 0. The van der Waals surface area contributed by atoms with Crippen LogP contribution in [-0.4, -0.2) is 35.9 Å². The summed E-state index contributed by atoms with van der Waals surface area (Å²) in [7, 11) is 0. The number of carbonyl (C=O) groups is 2. The molecule has 4 aliphatic carbocycles. The first kappa shape index (κ1) is 22.4. The van der Waals surface area contributed by atoms with E-state index in [0.717, 1.165) is 44.1 Å². The number of carbonyl (C=O) groups excluding carboxylic acids is 2. The molecule has 8 unspecified atom stereocenters. The summed E-state index contributed by atoms with van der Waals surface area (Å²) in [4.78, 5) is 24.2. The summed E-state index contributed by atoms with van der Waals surface area (Å²) >= 11 is 0. The normalized spacial score (nSPS) is 49.3. The standard InChI is InChI=1S/C27H40O5/c1-15(28)32-20-8-10-26(5)19(24(20,2)3)7-9-25(4)12-17-11-16-14-31-23(30)18(16)13-27(17,6)22(29)21(25)26/h17,19-22,29H,7-14H2,1-6H3. The molecule has 0 radical (unpaired) electrons. The molecule has 5 heteroatoms. The monoisotopic (exact) mass is 444 g/mol. The fourth-order valence-electron chi connectivity index (χ4n) is 9.45. The number of rotatable bonds is 1. The molecule has 5 rings (SSSR count). The van der Waals surface area contributed by atoms with Crippen LogP contribution in [0.4, 0.5) is 0 Å². The molecule has 1 N–H and O–H groups in total. The molecule has 0 saturated heterocycles. The van der Waals surface area contributed by atoms with Crippen LogP contribution >= 0.6 is 0 Å². The first-order valence-corrected chi connectivity index (χ1v) is 12.6. The number of hydrogen-bond donors (Lipinski definition) is 1. The minimum Gasteiger partial charge on any atom is -0.462 e. The molecule has 0 spiro atoms. The van der Waals surface area contributed by atoms with Crippen LogP contribution in [0.1, 0.15) is 86.5 Å². The highest BCUT2D eigenvalue weighted by atomic mass is 16.5. The van der Waals surface area contributed by atoms with Crippen molar-refractivity contribution in [3.63, 3.8) is 0 Å². The molecule has 5 nitrogen and oxygen atoms in total. The number of cyclic esters (lactones) is 1. The van der Waals surface area contributed by atoms with Gasteiger partial charge in [0.2, 0.25) is 0 Å². The van der Waals surface area contributed by atoms with E-state index in [9.17, 15) is 14.7 Å². The van der Waals surface area contributed by atoms with Crippen LogP contribution in [0.25, 0.3) is 0 Å². The highest BCUT2D eigenvalue weighted by Gasteiger charge is 2.68. The van der Waals surface area contributed by atoms with Gasteiger partial charge in [0.15, 0.2) is 0 Å². The van der Waals surface area contributed by atoms with Crippen molar-refractivity contribution < 1.29 is 24.2 Å². The number of aliphatic hydroxyl groups is 1. The zero-order valence-electron chi connectivity index (χ0n) is 20.6. The van der Waals surface area contributed by atoms with Crippen LogP contribution in [0.2, 0.25) is 0 Å². The topological polar surface area (TPSA) is 72.8 Å². The molecule has 0 aromatic heterocycles. The van der Waals surface area contributed by atoms with Crippen LogP contribution in [0.15, 0.2) is 11.1 Å². The Balaban J connectivity index is 1.52. The van der Waals surface area contributed by atoms with E-state index in [4.69, 9.17) is 9.47 Å². The second-order valence-corrected chi connectivity index (χ2v) is 13.1. The van der Waals surface area contributed by atoms with E-state index in [0.29, 0.717) is 24.9 Å². The van der Waals surface area contributed by atoms with Crippen LogP contribution < -0.4 is 0 Å². The predicted octanol–water partition coefficient (Wildman–Crippen LogP) is 4.81.